The number of ether oxygens (including phenoxy) is 1. The molecule has 19 heavy (non-hydrogen) atoms. The molecule has 0 bridgehead atoms. The molecule has 0 aliphatic carbocycles. The molecule has 1 heterocycles. The van der Waals surface area contributed by atoms with E-state index in [1.54, 1.807) is 24.2 Å². The van der Waals surface area contributed by atoms with Crippen molar-refractivity contribution in [1.82, 2.24) is 14.8 Å². The fourth-order valence-corrected chi connectivity index (χ4v) is 1.58. The van der Waals surface area contributed by atoms with Gasteiger partial charge in [-0.05, 0) is 6.07 Å². The number of aliphatic hydroxyl groups is 2. The van der Waals surface area contributed by atoms with E-state index in [1.165, 1.54) is 6.33 Å². The van der Waals surface area contributed by atoms with E-state index in [-0.39, 0.29) is 13.2 Å². The zero-order chi connectivity index (χ0) is 13.7. The first kappa shape index (κ1) is 13.3. The number of nitrogens with zero attached hydrogens (tertiary/aromatic N) is 3. The zero-order valence-electron chi connectivity index (χ0n) is 10.5. The summed E-state index contributed by atoms with van der Waals surface area (Å²) >= 11 is 0. The molecule has 3 N–H and O–H groups in total. The third kappa shape index (κ3) is 3.43. The monoisotopic (exact) mass is 264 g/mol. The van der Waals surface area contributed by atoms with Crippen molar-refractivity contribution < 1.29 is 14.9 Å². The highest BCUT2D eigenvalue weighted by molar-refractivity contribution is 5.56. The number of aliphatic hydroxyl groups excluding tert-OH is 2. The van der Waals surface area contributed by atoms with Crippen LogP contribution in [0.25, 0.3) is 5.69 Å². The van der Waals surface area contributed by atoms with Crippen LogP contribution in [0.3, 0.4) is 0 Å². The van der Waals surface area contributed by atoms with E-state index in [1.807, 2.05) is 12.1 Å². The Morgan fingerprint density at radius 1 is 1.42 bits per heavy atom. The molecule has 0 amide bonds. The molecule has 1 atom stereocenters. The van der Waals surface area contributed by atoms with Gasteiger partial charge in [-0.15, -0.1) is 0 Å². The molecule has 0 saturated carbocycles. The van der Waals surface area contributed by atoms with Crippen molar-refractivity contribution >= 4 is 5.69 Å². The second-order valence-electron chi connectivity index (χ2n) is 3.98. The molecule has 2 aromatic rings. The molecule has 0 fully saturated rings. The van der Waals surface area contributed by atoms with Gasteiger partial charge in [0.25, 0.3) is 0 Å². The molecule has 0 aliphatic heterocycles. The molecular formula is C12H16N4O3. The Bertz CT molecular complexity index is 516. The summed E-state index contributed by atoms with van der Waals surface area (Å²) in [5, 5.41) is 25.2. The Hall–Kier alpha value is -2.12. The van der Waals surface area contributed by atoms with Gasteiger partial charge < -0.3 is 20.3 Å². The van der Waals surface area contributed by atoms with Crippen LogP contribution >= 0.6 is 0 Å². The van der Waals surface area contributed by atoms with Crippen LogP contribution in [0.4, 0.5) is 5.69 Å². The van der Waals surface area contributed by atoms with Gasteiger partial charge in [0.05, 0.1) is 25.5 Å². The first-order valence-corrected chi connectivity index (χ1v) is 5.80. The van der Waals surface area contributed by atoms with Gasteiger partial charge in [-0.25, -0.2) is 9.67 Å². The Morgan fingerprint density at radius 3 is 2.89 bits per heavy atom. The van der Waals surface area contributed by atoms with Crippen LogP contribution in [-0.4, -0.2) is 51.3 Å². The number of nitrogens with one attached hydrogen (secondary N) is 1. The smallest absolute Gasteiger partial charge is 0.138 e. The standard InChI is InChI=1S/C12H16N4O3/c1-19-12-3-9(14-5-11(18)6-17)2-10(4-12)16-8-13-7-15-16/h2-4,7-8,11,14,17-18H,5-6H2,1H3. The largest absolute Gasteiger partial charge is 0.497 e. The molecule has 0 radical (unpaired) electrons. The van der Waals surface area contributed by atoms with Crippen LogP contribution in [0.2, 0.25) is 0 Å². The zero-order valence-corrected chi connectivity index (χ0v) is 10.5. The van der Waals surface area contributed by atoms with Crippen LogP contribution in [0, 0.1) is 0 Å². The van der Waals surface area contributed by atoms with Crippen LogP contribution in [0.15, 0.2) is 30.9 Å². The van der Waals surface area contributed by atoms with Crippen molar-refractivity contribution in [3.05, 3.63) is 30.9 Å². The lowest BCUT2D eigenvalue weighted by atomic mass is 10.2. The minimum Gasteiger partial charge on any atom is -0.497 e. The van der Waals surface area contributed by atoms with Gasteiger partial charge in [-0.1, -0.05) is 0 Å². The molecule has 1 unspecified atom stereocenters. The molecule has 1 aromatic carbocycles. The number of benzene rings is 1. The van der Waals surface area contributed by atoms with E-state index < -0.39 is 6.10 Å². The van der Waals surface area contributed by atoms with Crippen LogP contribution in [-0.2, 0) is 0 Å². The minimum atomic E-state index is -0.805. The van der Waals surface area contributed by atoms with Gasteiger partial charge in [0.15, 0.2) is 0 Å². The number of hydrogen-bond acceptors (Lipinski definition) is 6. The lowest BCUT2D eigenvalue weighted by Gasteiger charge is -2.13. The predicted molar refractivity (Wildman–Crippen MR) is 69.5 cm³/mol. The predicted octanol–water partition coefficient (Wildman–Crippen LogP) is 0.0410. The van der Waals surface area contributed by atoms with E-state index >= 15 is 0 Å². The van der Waals surface area contributed by atoms with Crippen molar-refractivity contribution in [3.63, 3.8) is 0 Å². The van der Waals surface area contributed by atoms with Crippen molar-refractivity contribution in [1.29, 1.82) is 0 Å². The van der Waals surface area contributed by atoms with Crippen LogP contribution in [0.1, 0.15) is 0 Å². The molecule has 0 saturated heterocycles. The van der Waals surface area contributed by atoms with Gasteiger partial charge >= 0.3 is 0 Å². The van der Waals surface area contributed by atoms with Gasteiger partial charge in [0, 0.05) is 24.4 Å². The van der Waals surface area contributed by atoms with E-state index in [0.29, 0.717) is 5.75 Å². The average molecular weight is 264 g/mol. The summed E-state index contributed by atoms with van der Waals surface area (Å²) in [4.78, 5) is 3.89. The fourth-order valence-electron chi connectivity index (χ4n) is 1.58. The third-order valence-electron chi connectivity index (χ3n) is 2.56. The molecule has 102 valence electrons. The Balaban J connectivity index is 2.21. The molecule has 1 aromatic heterocycles. The van der Waals surface area contributed by atoms with Crippen LogP contribution < -0.4 is 10.1 Å². The lowest BCUT2D eigenvalue weighted by molar-refractivity contribution is 0.105. The maximum atomic E-state index is 9.33. The van der Waals surface area contributed by atoms with Gasteiger partial charge in [-0.2, -0.15) is 5.10 Å². The Morgan fingerprint density at radius 2 is 2.26 bits per heavy atom. The third-order valence-corrected chi connectivity index (χ3v) is 2.56. The molecule has 0 spiro atoms. The van der Waals surface area contributed by atoms with Gasteiger partial charge in [0.1, 0.15) is 18.4 Å². The van der Waals surface area contributed by atoms with E-state index in [4.69, 9.17) is 9.84 Å². The highest BCUT2D eigenvalue weighted by atomic mass is 16.5. The van der Waals surface area contributed by atoms with Crippen molar-refractivity contribution in [3.8, 4) is 11.4 Å². The average Bonchev–Trinajstić information content (AvgIpc) is 2.98. The normalized spacial score (nSPS) is 12.2. The Kier molecular flexibility index (Phi) is 4.32. The summed E-state index contributed by atoms with van der Waals surface area (Å²) in [5.74, 6) is 0.661. The number of hydrogen-bond donors (Lipinski definition) is 3. The molecule has 0 aliphatic rings. The van der Waals surface area contributed by atoms with Crippen molar-refractivity contribution in [2.75, 3.05) is 25.6 Å². The van der Waals surface area contributed by atoms with Gasteiger partial charge in [-0.3, -0.25) is 0 Å². The van der Waals surface area contributed by atoms with Gasteiger partial charge in [0.2, 0.25) is 0 Å². The molecule has 7 nitrogen and oxygen atoms in total. The number of aromatic nitrogens is 3. The highest BCUT2D eigenvalue weighted by Gasteiger charge is 2.06. The van der Waals surface area contributed by atoms with Crippen molar-refractivity contribution in [2.24, 2.45) is 0 Å². The lowest BCUT2D eigenvalue weighted by Crippen LogP contribution is -2.23. The Labute approximate surface area is 110 Å². The summed E-state index contributed by atoms with van der Waals surface area (Å²) in [6.07, 6.45) is 2.23. The van der Waals surface area contributed by atoms with Crippen molar-refractivity contribution in [2.45, 2.75) is 6.10 Å². The first-order chi connectivity index (χ1) is 9.22. The number of rotatable bonds is 6. The first-order valence-electron chi connectivity index (χ1n) is 5.80. The highest BCUT2D eigenvalue weighted by Crippen LogP contribution is 2.22. The quantitative estimate of drug-likeness (QED) is 0.682. The maximum absolute atomic E-state index is 9.33. The summed E-state index contributed by atoms with van der Waals surface area (Å²) in [6.45, 7) is -0.0344. The molecule has 2 rings (SSSR count). The minimum absolute atomic E-state index is 0.250. The topological polar surface area (TPSA) is 92.4 Å². The molecule has 7 heteroatoms. The summed E-state index contributed by atoms with van der Waals surface area (Å²) in [6, 6.07) is 5.47. The summed E-state index contributed by atoms with van der Waals surface area (Å²) in [5.41, 5.74) is 1.55. The summed E-state index contributed by atoms with van der Waals surface area (Å²) in [7, 11) is 1.58. The fraction of sp³-hybridized carbons (Fsp3) is 0.333. The second-order valence-corrected chi connectivity index (χ2v) is 3.98. The second kappa shape index (κ2) is 6.17. The van der Waals surface area contributed by atoms with E-state index in [0.717, 1.165) is 11.4 Å². The number of anilines is 1. The van der Waals surface area contributed by atoms with E-state index in [9.17, 15) is 5.11 Å². The molecular weight excluding hydrogens is 248 g/mol. The van der Waals surface area contributed by atoms with Crippen LogP contribution in [0.5, 0.6) is 5.75 Å². The number of methoxy groups -OCH3 is 1. The maximum Gasteiger partial charge on any atom is 0.138 e. The van der Waals surface area contributed by atoms with E-state index in [2.05, 4.69) is 15.4 Å². The SMILES string of the molecule is COc1cc(NCC(O)CO)cc(-n2cncn2)c1. The summed E-state index contributed by atoms with van der Waals surface area (Å²) < 4.78 is 6.82.